The number of benzene rings is 1. The van der Waals surface area contributed by atoms with Gasteiger partial charge in [-0.2, -0.15) is 0 Å². The van der Waals surface area contributed by atoms with E-state index in [9.17, 15) is 22.4 Å². The highest BCUT2D eigenvalue weighted by atomic mass is 35.5. The maximum atomic E-state index is 13.3. The summed E-state index contributed by atoms with van der Waals surface area (Å²) in [5.74, 6) is -2.41. The minimum atomic E-state index is -4.27. The van der Waals surface area contributed by atoms with Crippen LogP contribution in [0.3, 0.4) is 0 Å². The minimum Gasteiger partial charge on any atom is -0.323 e. The van der Waals surface area contributed by atoms with Crippen LogP contribution < -0.4 is 5.32 Å². The van der Waals surface area contributed by atoms with Crippen molar-refractivity contribution in [1.82, 2.24) is 9.29 Å². The molecule has 1 aromatic carbocycles. The number of nitrogens with one attached hydrogen (secondary N) is 1. The summed E-state index contributed by atoms with van der Waals surface area (Å²) in [4.78, 5) is 27.5. The van der Waals surface area contributed by atoms with Gasteiger partial charge >= 0.3 is 0 Å². The number of hydrogen-bond donors (Lipinski definition) is 1. The summed E-state index contributed by atoms with van der Waals surface area (Å²) in [7, 11) is -4.27. The van der Waals surface area contributed by atoms with Gasteiger partial charge < -0.3 is 5.32 Å². The molecule has 0 spiro atoms. The molecular weight excluding hydrogens is 361 g/mol. The molecule has 0 bridgehead atoms. The molecule has 2 heterocycles. The van der Waals surface area contributed by atoms with E-state index >= 15 is 0 Å². The molecule has 0 aliphatic carbocycles. The molecule has 1 N–H and O–H groups in total. The summed E-state index contributed by atoms with van der Waals surface area (Å²) >= 11 is 5.62. The lowest BCUT2D eigenvalue weighted by Crippen LogP contribution is -2.37. The van der Waals surface area contributed by atoms with Crippen molar-refractivity contribution >= 4 is 39.1 Å². The fraction of sp³-hybridized carbons (Fsp3) is 0.0714. The third-order valence-electron chi connectivity index (χ3n) is 3.27. The van der Waals surface area contributed by atoms with Gasteiger partial charge in [-0.25, -0.2) is 22.1 Å². The van der Waals surface area contributed by atoms with Crippen molar-refractivity contribution in [2.24, 2.45) is 0 Å². The molecule has 2 amide bonds. The third kappa shape index (κ3) is 2.83. The first-order chi connectivity index (χ1) is 11.3. The Balaban J connectivity index is 1.82. The average molecular weight is 370 g/mol. The molecule has 7 nitrogen and oxygen atoms in total. The summed E-state index contributed by atoms with van der Waals surface area (Å²) in [6.45, 7) is -0.736. The summed E-state index contributed by atoms with van der Waals surface area (Å²) in [6.07, 6.45) is 1.28. The second-order valence-corrected chi connectivity index (χ2v) is 7.09. The lowest BCUT2D eigenvalue weighted by atomic mass is 10.2. The van der Waals surface area contributed by atoms with E-state index in [4.69, 9.17) is 11.6 Å². The number of anilines is 1. The summed E-state index contributed by atoms with van der Waals surface area (Å²) in [6, 6.07) is 5.72. The van der Waals surface area contributed by atoms with E-state index in [1.807, 2.05) is 0 Å². The predicted molar refractivity (Wildman–Crippen MR) is 82.5 cm³/mol. The van der Waals surface area contributed by atoms with Gasteiger partial charge in [0.2, 0.25) is 5.91 Å². The zero-order valence-electron chi connectivity index (χ0n) is 11.9. The second kappa shape index (κ2) is 5.84. The number of amides is 2. The Bertz CT molecular complexity index is 947. The number of fused-ring (bicyclic) bond motifs is 1. The van der Waals surface area contributed by atoms with Crippen molar-refractivity contribution in [3.8, 4) is 0 Å². The molecular formula is C14H9ClFN3O4S. The highest BCUT2D eigenvalue weighted by molar-refractivity contribution is 7.90. The van der Waals surface area contributed by atoms with Crippen molar-refractivity contribution in [3.05, 3.63) is 53.1 Å². The van der Waals surface area contributed by atoms with Crippen molar-refractivity contribution in [1.29, 1.82) is 0 Å². The number of hydrogen-bond acceptors (Lipinski definition) is 5. The van der Waals surface area contributed by atoms with Crippen LogP contribution in [-0.2, 0) is 14.8 Å². The molecule has 0 unspecified atom stereocenters. The number of aromatic nitrogens is 1. The molecule has 1 aromatic heterocycles. The Labute approximate surface area is 141 Å². The number of carbonyl (C=O) groups is 2. The zero-order valence-corrected chi connectivity index (χ0v) is 13.4. The van der Waals surface area contributed by atoms with Crippen molar-refractivity contribution in [3.63, 3.8) is 0 Å². The van der Waals surface area contributed by atoms with Crippen LogP contribution in [0, 0.1) is 5.82 Å². The van der Waals surface area contributed by atoms with E-state index in [-0.39, 0.29) is 16.4 Å². The Hall–Kier alpha value is -2.52. The van der Waals surface area contributed by atoms with E-state index in [0.29, 0.717) is 4.31 Å². The van der Waals surface area contributed by atoms with Crippen LogP contribution in [0.15, 0.2) is 41.4 Å². The van der Waals surface area contributed by atoms with Crippen LogP contribution in [-0.4, -0.2) is 36.1 Å². The maximum Gasteiger partial charge on any atom is 0.269 e. The standard InChI is InChI=1S/C14H9ClFN3O4S/c15-12-4-2-9(6-17-12)18-13(20)7-19-14(21)10-3-1-8(16)5-11(10)24(19,22)23/h1-6H,7H2,(H,18,20). The van der Waals surface area contributed by atoms with Crippen molar-refractivity contribution in [2.75, 3.05) is 11.9 Å². The quantitative estimate of drug-likeness (QED) is 0.830. The number of carbonyl (C=O) groups excluding carboxylic acids is 2. The van der Waals surface area contributed by atoms with Gasteiger partial charge in [0.05, 0.1) is 17.4 Å². The molecule has 0 radical (unpaired) electrons. The molecule has 0 saturated carbocycles. The largest absolute Gasteiger partial charge is 0.323 e. The fourth-order valence-electron chi connectivity index (χ4n) is 2.19. The Morgan fingerprint density at radius 3 is 2.71 bits per heavy atom. The number of halogens is 2. The highest BCUT2D eigenvalue weighted by Crippen LogP contribution is 2.30. The summed E-state index contributed by atoms with van der Waals surface area (Å²) < 4.78 is 38.3. The topological polar surface area (TPSA) is 96.4 Å². The van der Waals surface area contributed by atoms with E-state index in [0.717, 1.165) is 18.2 Å². The van der Waals surface area contributed by atoms with Gasteiger partial charge in [-0.15, -0.1) is 0 Å². The molecule has 124 valence electrons. The molecule has 3 rings (SSSR count). The van der Waals surface area contributed by atoms with Crippen molar-refractivity contribution < 1.29 is 22.4 Å². The van der Waals surface area contributed by atoms with Crippen LogP contribution in [0.2, 0.25) is 5.15 Å². The van der Waals surface area contributed by atoms with Gasteiger partial charge in [0.1, 0.15) is 22.4 Å². The highest BCUT2D eigenvalue weighted by Gasteiger charge is 2.42. The van der Waals surface area contributed by atoms with Crippen LogP contribution in [0.25, 0.3) is 0 Å². The number of nitrogens with zero attached hydrogens (tertiary/aromatic N) is 2. The lowest BCUT2D eigenvalue weighted by molar-refractivity contribution is -0.116. The first kappa shape index (κ1) is 16.3. The van der Waals surface area contributed by atoms with Crippen molar-refractivity contribution in [2.45, 2.75) is 4.90 Å². The monoisotopic (exact) mass is 369 g/mol. The lowest BCUT2D eigenvalue weighted by Gasteiger charge is -2.14. The average Bonchev–Trinajstić information content (AvgIpc) is 2.70. The predicted octanol–water partition coefficient (Wildman–Crippen LogP) is 1.66. The zero-order chi connectivity index (χ0) is 17.5. The number of rotatable bonds is 3. The number of sulfonamides is 1. The first-order valence-corrected chi connectivity index (χ1v) is 8.39. The second-order valence-electron chi connectivity index (χ2n) is 4.88. The fourth-order valence-corrected chi connectivity index (χ4v) is 3.83. The first-order valence-electron chi connectivity index (χ1n) is 6.57. The van der Waals surface area contributed by atoms with E-state index in [1.54, 1.807) is 0 Å². The van der Waals surface area contributed by atoms with Crippen LogP contribution in [0.4, 0.5) is 10.1 Å². The maximum absolute atomic E-state index is 13.3. The minimum absolute atomic E-state index is 0.169. The molecule has 2 aromatic rings. The molecule has 0 atom stereocenters. The third-order valence-corrected chi connectivity index (χ3v) is 5.26. The Morgan fingerprint density at radius 1 is 1.29 bits per heavy atom. The SMILES string of the molecule is O=C(CN1C(=O)c2ccc(F)cc2S1(=O)=O)Nc1ccc(Cl)nc1. The van der Waals surface area contributed by atoms with Gasteiger partial charge in [0.15, 0.2) is 0 Å². The molecule has 10 heteroatoms. The van der Waals surface area contributed by atoms with Gasteiger partial charge in [-0.05, 0) is 30.3 Å². The van der Waals surface area contributed by atoms with E-state index in [2.05, 4.69) is 10.3 Å². The molecule has 24 heavy (non-hydrogen) atoms. The summed E-state index contributed by atoms with van der Waals surface area (Å²) in [5.41, 5.74) is 0.120. The van der Waals surface area contributed by atoms with Gasteiger partial charge in [-0.1, -0.05) is 11.6 Å². The van der Waals surface area contributed by atoms with Gasteiger partial charge in [0.25, 0.3) is 15.9 Å². The molecule has 1 aliphatic heterocycles. The van der Waals surface area contributed by atoms with E-state index < -0.39 is 39.1 Å². The Morgan fingerprint density at radius 2 is 2.04 bits per heavy atom. The number of pyridine rings is 1. The Kier molecular flexibility index (Phi) is 3.98. The van der Waals surface area contributed by atoms with Crippen LogP contribution in [0.5, 0.6) is 0 Å². The van der Waals surface area contributed by atoms with Gasteiger partial charge in [-0.3, -0.25) is 9.59 Å². The van der Waals surface area contributed by atoms with Crippen LogP contribution >= 0.6 is 11.6 Å². The smallest absolute Gasteiger partial charge is 0.269 e. The molecule has 0 fully saturated rings. The summed E-state index contributed by atoms with van der Waals surface area (Å²) in [5, 5.41) is 2.62. The normalized spacial score (nSPS) is 15.2. The van der Waals surface area contributed by atoms with Gasteiger partial charge in [0, 0.05) is 0 Å². The molecule has 0 saturated heterocycles. The van der Waals surface area contributed by atoms with Crippen LogP contribution in [0.1, 0.15) is 10.4 Å². The van der Waals surface area contributed by atoms with E-state index in [1.165, 1.54) is 18.3 Å². The molecule has 1 aliphatic rings.